The summed E-state index contributed by atoms with van der Waals surface area (Å²) in [7, 11) is 0. The van der Waals surface area contributed by atoms with Crippen molar-refractivity contribution in [2.24, 2.45) is 0 Å². The first-order chi connectivity index (χ1) is 14.6. The maximum absolute atomic E-state index is 12.6. The van der Waals surface area contributed by atoms with E-state index in [1.807, 2.05) is 48.5 Å². The Kier molecular flexibility index (Phi) is 5.34. The predicted octanol–water partition coefficient (Wildman–Crippen LogP) is 4.58. The molecule has 0 aliphatic rings. The molecule has 3 N–H and O–H groups in total. The molecule has 0 atom stereocenters. The van der Waals surface area contributed by atoms with E-state index in [0.717, 1.165) is 22.3 Å². The van der Waals surface area contributed by atoms with Crippen LogP contribution in [0.4, 0.5) is 22.7 Å². The summed E-state index contributed by atoms with van der Waals surface area (Å²) in [4.78, 5) is 32.4. The Morgan fingerprint density at radius 1 is 0.800 bits per heavy atom. The Bertz CT molecular complexity index is 1220. The highest BCUT2D eigenvalue weighted by Gasteiger charge is 2.10. The van der Waals surface area contributed by atoms with Crippen molar-refractivity contribution in [3.8, 4) is 0 Å². The number of fused-ring (bicyclic) bond motifs is 1. The average Bonchev–Trinajstić information content (AvgIpc) is 2.74. The fourth-order valence-corrected chi connectivity index (χ4v) is 3.04. The Morgan fingerprint density at radius 2 is 1.60 bits per heavy atom. The van der Waals surface area contributed by atoms with Crippen LogP contribution in [0.2, 0.25) is 0 Å². The van der Waals surface area contributed by atoms with Gasteiger partial charge in [0.25, 0.3) is 5.91 Å². The molecule has 7 heteroatoms. The minimum Gasteiger partial charge on any atom is -0.354 e. The third-order valence-corrected chi connectivity index (χ3v) is 4.35. The van der Waals surface area contributed by atoms with Crippen LogP contribution in [0.15, 0.2) is 79.1 Å². The smallest absolute Gasteiger partial charge is 0.274 e. The highest BCUT2D eigenvalue weighted by molar-refractivity contribution is 6.07. The third kappa shape index (κ3) is 4.41. The van der Waals surface area contributed by atoms with Crippen molar-refractivity contribution >= 4 is 45.5 Å². The van der Waals surface area contributed by atoms with Gasteiger partial charge < -0.3 is 16.0 Å². The Hall–Kier alpha value is -4.26. The van der Waals surface area contributed by atoms with Crippen LogP contribution in [-0.4, -0.2) is 21.8 Å². The molecule has 0 aliphatic heterocycles. The zero-order chi connectivity index (χ0) is 20.9. The average molecular weight is 397 g/mol. The number of benzene rings is 2. The number of rotatable bonds is 5. The molecule has 2 amide bonds. The molecule has 7 nitrogen and oxygen atoms in total. The van der Waals surface area contributed by atoms with E-state index >= 15 is 0 Å². The van der Waals surface area contributed by atoms with Crippen molar-refractivity contribution in [3.63, 3.8) is 0 Å². The van der Waals surface area contributed by atoms with E-state index in [1.54, 1.807) is 30.6 Å². The summed E-state index contributed by atoms with van der Waals surface area (Å²) in [6.45, 7) is 1.46. The number of amides is 2. The van der Waals surface area contributed by atoms with E-state index in [4.69, 9.17) is 0 Å². The Morgan fingerprint density at radius 3 is 2.40 bits per heavy atom. The standard InChI is InChI=1S/C23H19N5O2/c1-15(29)26-17-7-3-8-18(13-17)27-19-10-11-21(25-14-19)23(30)28-20-9-2-5-16-6-4-12-24-22(16)20/h2-14,27H,1H3,(H,26,29)(H,28,30). The SMILES string of the molecule is CC(=O)Nc1cccc(Nc2ccc(C(=O)Nc3cccc4cccnc34)nc2)c1. The first-order valence-electron chi connectivity index (χ1n) is 9.34. The lowest BCUT2D eigenvalue weighted by Crippen LogP contribution is -2.14. The van der Waals surface area contributed by atoms with E-state index in [9.17, 15) is 9.59 Å². The molecule has 148 valence electrons. The molecule has 0 bridgehead atoms. The number of para-hydroxylation sites is 1. The zero-order valence-corrected chi connectivity index (χ0v) is 16.2. The number of nitrogens with zero attached hydrogens (tertiary/aromatic N) is 2. The second-order valence-corrected chi connectivity index (χ2v) is 6.65. The van der Waals surface area contributed by atoms with Gasteiger partial charge in [-0.2, -0.15) is 0 Å². The molecule has 2 aromatic carbocycles. The van der Waals surface area contributed by atoms with Gasteiger partial charge in [0.15, 0.2) is 0 Å². The first-order valence-corrected chi connectivity index (χ1v) is 9.34. The summed E-state index contributed by atoms with van der Waals surface area (Å²) in [5.74, 6) is -0.446. The van der Waals surface area contributed by atoms with Gasteiger partial charge in [-0.25, -0.2) is 4.98 Å². The van der Waals surface area contributed by atoms with Crippen molar-refractivity contribution in [2.75, 3.05) is 16.0 Å². The molecule has 0 saturated heterocycles. The van der Waals surface area contributed by atoms with Crippen molar-refractivity contribution in [2.45, 2.75) is 6.92 Å². The van der Waals surface area contributed by atoms with Crippen LogP contribution < -0.4 is 16.0 Å². The van der Waals surface area contributed by atoms with Gasteiger partial charge in [0.2, 0.25) is 5.91 Å². The van der Waals surface area contributed by atoms with Crippen LogP contribution >= 0.6 is 0 Å². The number of carbonyl (C=O) groups excluding carboxylic acids is 2. The summed E-state index contributed by atoms with van der Waals surface area (Å²) < 4.78 is 0. The van der Waals surface area contributed by atoms with Crippen molar-refractivity contribution < 1.29 is 9.59 Å². The summed E-state index contributed by atoms with van der Waals surface area (Å²) in [6.07, 6.45) is 3.28. The van der Waals surface area contributed by atoms with E-state index in [2.05, 4.69) is 25.9 Å². The molecular weight excluding hydrogens is 378 g/mol. The lowest BCUT2D eigenvalue weighted by Gasteiger charge is -2.10. The Balaban J connectivity index is 1.47. The summed E-state index contributed by atoms with van der Waals surface area (Å²) >= 11 is 0. The lowest BCUT2D eigenvalue weighted by atomic mass is 10.2. The summed E-state index contributed by atoms with van der Waals surface area (Å²) in [6, 6.07) is 20.2. The van der Waals surface area contributed by atoms with Gasteiger partial charge in [-0.05, 0) is 42.5 Å². The molecule has 0 saturated carbocycles. The monoisotopic (exact) mass is 397 g/mol. The predicted molar refractivity (Wildman–Crippen MR) is 118 cm³/mol. The number of anilines is 4. The lowest BCUT2D eigenvalue weighted by molar-refractivity contribution is -0.114. The molecule has 30 heavy (non-hydrogen) atoms. The maximum Gasteiger partial charge on any atom is 0.274 e. The minimum atomic E-state index is -0.313. The van der Waals surface area contributed by atoms with Crippen LogP contribution in [0, 0.1) is 0 Å². The topological polar surface area (TPSA) is 96.0 Å². The minimum absolute atomic E-state index is 0.134. The molecular formula is C23H19N5O2. The molecule has 2 aromatic heterocycles. The van der Waals surface area contributed by atoms with Gasteiger partial charge in [0.1, 0.15) is 5.69 Å². The van der Waals surface area contributed by atoms with Gasteiger partial charge in [0.05, 0.1) is 23.1 Å². The molecule has 0 spiro atoms. The summed E-state index contributed by atoms with van der Waals surface area (Å²) in [5, 5.41) is 9.76. The van der Waals surface area contributed by atoms with E-state index < -0.39 is 0 Å². The van der Waals surface area contributed by atoms with Crippen LogP contribution in [-0.2, 0) is 4.79 Å². The van der Waals surface area contributed by atoms with Crippen molar-refractivity contribution in [1.29, 1.82) is 0 Å². The van der Waals surface area contributed by atoms with Crippen LogP contribution in [0.3, 0.4) is 0 Å². The normalized spacial score (nSPS) is 10.4. The zero-order valence-electron chi connectivity index (χ0n) is 16.2. The largest absolute Gasteiger partial charge is 0.354 e. The molecule has 0 fully saturated rings. The van der Waals surface area contributed by atoms with Crippen molar-refractivity contribution in [3.05, 3.63) is 84.8 Å². The van der Waals surface area contributed by atoms with Gasteiger partial charge >= 0.3 is 0 Å². The highest BCUT2D eigenvalue weighted by atomic mass is 16.2. The van der Waals surface area contributed by atoms with Gasteiger partial charge in [0, 0.05) is 29.9 Å². The highest BCUT2D eigenvalue weighted by Crippen LogP contribution is 2.22. The molecule has 0 unspecified atom stereocenters. The van der Waals surface area contributed by atoms with Gasteiger partial charge in [-0.1, -0.05) is 24.3 Å². The van der Waals surface area contributed by atoms with Crippen LogP contribution in [0.5, 0.6) is 0 Å². The maximum atomic E-state index is 12.6. The van der Waals surface area contributed by atoms with E-state index in [0.29, 0.717) is 17.1 Å². The summed E-state index contributed by atoms with van der Waals surface area (Å²) in [5.41, 5.74) is 3.86. The third-order valence-electron chi connectivity index (χ3n) is 4.35. The number of carbonyl (C=O) groups is 2. The second-order valence-electron chi connectivity index (χ2n) is 6.65. The molecule has 4 aromatic rings. The van der Waals surface area contributed by atoms with Crippen LogP contribution in [0.1, 0.15) is 17.4 Å². The Labute approximate surface area is 173 Å². The molecule has 2 heterocycles. The van der Waals surface area contributed by atoms with E-state index in [1.165, 1.54) is 6.92 Å². The van der Waals surface area contributed by atoms with Gasteiger partial charge in [-0.3, -0.25) is 14.6 Å². The second kappa shape index (κ2) is 8.40. The quantitative estimate of drug-likeness (QED) is 0.458. The number of hydrogen-bond acceptors (Lipinski definition) is 5. The number of hydrogen-bond donors (Lipinski definition) is 3. The van der Waals surface area contributed by atoms with Crippen LogP contribution in [0.25, 0.3) is 10.9 Å². The van der Waals surface area contributed by atoms with Crippen molar-refractivity contribution in [1.82, 2.24) is 9.97 Å². The first kappa shape index (κ1) is 19.1. The molecule has 0 aliphatic carbocycles. The fourth-order valence-electron chi connectivity index (χ4n) is 3.04. The van der Waals surface area contributed by atoms with E-state index in [-0.39, 0.29) is 11.8 Å². The van der Waals surface area contributed by atoms with Gasteiger partial charge in [-0.15, -0.1) is 0 Å². The fraction of sp³-hybridized carbons (Fsp3) is 0.0435. The number of nitrogens with one attached hydrogen (secondary N) is 3. The number of pyridine rings is 2. The number of aromatic nitrogens is 2. The molecule has 4 rings (SSSR count). The molecule has 0 radical (unpaired) electrons.